The van der Waals surface area contributed by atoms with Gasteiger partial charge in [-0.1, -0.05) is 18.2 Å². The summed E-state index contributed by atoms with van der Waals surface area (Å²) in [5.74, 6) is 1.84. The van der Waals surface area contributed by atoms with Crippen molar-refractivity contribution in [2.75, 3.05) is 55.6 Å². The predicted molar refractivity (Wildman–Crippen MR) is 118 cm³/mol. The lowest BCUT2D eigenvalue weighted by atomic mass is 9.90. The van der Waals surface area contributed by atoms with E-state index in [0.29, 0.717) is 6.04 Å². The zero-order chi connectivity index (χ0) is 19.2. The fourth-order valence-electron chi connectivity index (χ4n) is 4.96. The van der Waals surface area contributed by atoms with E-state index in [1.807, 2.05) is 6.20 Å². The highest BCUT2D eigenvalue weighted by atomic mass is 15.3. The molecule has 0 aliphatic carbocycles. The van der Waals surface area contributed by atoms with Crippen LogP contribution in [0.2, 0.25) is 0 Å². The number of nitrogens with one attached hydrogen (secondary N) is 2. The molecule has 29 heavy (non-hydrogen) atoms. The Morgan fingerprint density at radius 2 is 1.86 bits per heavy atom. The summed E-state index contributed by atoms with van der Waals surface area (Å²) >= 11 is 0. The summed E-state index contributed by atoms with van der Waals surface area (Å²) in [6.07, 6.45) is 1.98. The Balaban J connectivity index is 1.37. The number of para-hydroxylation sites is 1. The van der Waals surface area contributed by atoms with Crippen LogP contribution in [0.1, 0.15) is 0 Å². The van der Waals surface area contributed by atoms with Gasteiger partial charge in [0.2, 0.25) is 0 Å². The molecule has 6 rings (SSSR count). The number of hydrogen-bond acceptors (Lipinski definition) is 6. The van der Waals surface area contributed by atoms with Gasteiger partial charge in [-0.3, -0.25) is 0 Å². The highest BCUT2D eigenvalue weighted by molar-refractivity contribution is 5.94. The van der Waals surface area contributed by atoms with E-state index in [1.165, 1.54) is 11.1 Å². The van der Waals surface area contributed by atoms with Crippen LogP contribution in [-0.2, 0) is 0 Å². The minimum atomic E-state index is 0.613. The second kappa shape index (κ2) is 6.97. The monoisotopic (exact) mass is 386 g/mol. The molecule has 5 heterocycles. The summed E-state index contributed by atoms with van der Waals surface area (Å²) in [5, 5.41) is 8.18. The topological polar surface area (TPSA) is 56.3 Å². The molecule has 0 saturated carbocycles. The van der Waals surface area contributed by atoms with Gasteiger partial charge in [0, 0.05) is 80.6 Å². The van der Waals surface area contributed by atoms with Gasteiger partial charge in [-0.05, 0) is 24.3 Å². The van der Waals surface area contributed by atoms with E-state index >= 15 is 0 Å². The van der Waals surface area contributed by atoms with Gasteiger partial charge in [0.05, 0.1) is 11.2 Å². The van der Waals surface area contributed by atoms with Crippen molar-refractivity contribution >= 4 is 22.4 Å². The summed E-state index contributed by atoms with van der Waals surface area (Å²) < 4.78 is 0. The number of rotatable bonds is 3. The fraction of sp³-hybridized carbons (Fsp3) is 0.391. The van der Waals surface area contributed by atoms with Crippen molar-refractivity contribution in [1.29, 1.82) is 0 Å². The Hall–Kier alpha value is -2.70. The molecule has 0 amide bonds. The molecule has 2 aromatic heterocycles. The van der Waals surface area contributed by atoms with Gasteiger partial charge in [0.25, 0.3) is 0 Å². The Labute approximate surface area is 170 Å². The molecule has 148 valence electrons. The van der Waals surface area contributed by atoms with Crippen molar-refractivity contribution < 1.29 is 0 Å². The van der Waals surface area contributed by atoms with Crippen LogP contribution in [0.15, 0.2) is 48.7 Å². The summed E-state index contributed by atoms with van der Waals surface area (Å²) in [7, 11) is 0. The third-order valence-corrected chi connectivity index (χ3v) is 6.62. The highest BCUT2D eigenvalue weighted by Gasteiger charge is 2.42. The van der Waals surface area contributed by atoms with Crippen LogP contribution in [0.3, 0.4) is 0 Å². The van der Waals surface area contributed by atoms with E-state index in [0.717, 1.165) is 74.3 Å². The molecule has 2 N–H and O–H groups in total. The number of piperazine rings is 1. The van der Waals surface area contributed by atoms with Crippen LogP contribution in [0.25, 0.3) is 22.2 Å². The summed E-state index contributed by atoms with van der Waals surface area (Å²) in [5.41, 5.74) is 4.45. The second-order valence-corrected chi connectivity index (χ2v) is 8.32. The Morgan fingerprint density at radius 3 is 2.69 bits per heavy atom. The first kappa shape index (κ1) is 17.2. The zero-order valence-corrected chi connectivity index (χ0v) is 16.5. The molecule has 0 bridgehead atoms. The van der Waals surface area contributed by atoms with Crippen molar-refractivity contribution in [3.63, 3.8) is 0 Å². The van der Waals surface area contributed by atoms with Crippen LogP contribution in [0.4, 0.5) is 11.5 Å². The molecule has 3 fully saturated rings. The molecule has 3 saturated heterocycles. The molecule has 0 spiro atoms. The number of nitrogens with zero attached hydrogens (tertiary/aromatic N) is 4. The lowest BCUT2D eigenvalue weighted by Crippen LogP contribution is -2.55. The van der Waals surface area contributed by atoms with E-state index in [9.17, 15) is 0 Å². The first-order valence-corrected chi connectivity index (χ1v) is 10.7. The largest absolute Gasteiger partial charge is 0.366 e. The maximum Gasteiger partial charge on any atom is 0.128 e. The minimum absolute atomic E-state index is 0.613. The molecular formula is C23H26N6. The van der Waals surface area contributed by atoms with Gasteiger partial charge in [0.15, 0.2) is 0 Å². The van der Waals surface area contributed by atoms with Crippen molar-refractivity contribution in [3.05, 3.63) is 48.7 Å². The lowest BCUT2D eigenvalue weighted by molar-refractivity contribution is 0.366. The van der Waals surface area contributed by atoms with E-state index < -0.39 is 0 Å². The number of anilines is 2. The van der Waals surface area contributed by atoms with E-state index in [4.69, 9.17) is 9.97 Å². The van der Waals surface area contributed by atoms with Crippen molar-refractivity contribution in [1.82, 2.24) is 20.6 Å². The molecule has 1 aromatic carbocycles. The molecule has 6 nitrogen and oxygen atoms in total. The Morgan fingerprint density at radius 1 is 0.966 bits per heavy atom. The first-order valence-electron chi connectivity index (χ1n) is 10.7. The molecule has 3 aliphatic rings. The van der Waals surface area contributed by atoms with Crippen molar-refractivity contribution in [3.8, 4) is 11.3 Å². The highest BCUT2D eigenvalue weighted by Crippen LogP contribution is 2.39. The first-order chi connectivity index (χ1) is 14.4. The maximum atomic E-state index is 4.97. The van der Waals surface area contributed by atoms with Gasteiger partial charge in [0.1, 0.15) is 5.82 Å². The van der Waals surface area contributed by atoms with Crippen LogP contribution in [0, 0.1) is 5.92 Å². The van der Waals surface area contributed by atoms with Gasteiger partial charge >= 0.3 is 0 Å². The Bertz CT molecular complexity index is 1030. The van der Waals surface area contributed by atoms with Crippen LogP contribution < -0.4 is 20.4 Å². The number of benzene rings is 1. The predicted octanol–water partition coefficient (Wildman–Crippen LogP) is 2.11. The second-order valence-electron chi connectivity index (χ2n) is 8.32. The average Bonchev–Trinajstić information content (AvgIpc) is 3.14. The number of hydrogen-bond donors (Lipinski definition) is 2. The lowest BCUT2D eigenvalue weighted by Gasteiger charge is -2.46. The molecule has 3 aliphatic heterocycles. The quantitative estimate of drug-likeness (QED) is 0.719. The molecule has 2 atom stereocenters. The van der Waals surface area contributed by atoms with Gasteiger partial charge < -0.3 is 20.4 Å². The van der Waals surface area contributed by atoms with Gasteiger partial charge in [-0.25, -0.2) is 9.97 Å². The molecule has 0 radical (unpaired) electrons. The number of aromatic nitrogens is 2. The van der Waals surface area contributed by atoms with Crippen LogP contribution >= 0.6 is 0 Å². The van der Waals surface area contributed by atoms with Gasteiger partial charge in [-0.15, -0.1) is 0 Å². The smallest absolute Gasteiger partial charge is 0.128 e. The summed E-state index contributed by atoms with van der Waals surface area (Å²) in [6, 6.07) is 15.7. The third-order valence-electron chi connectivity index (χ3n) is 6.62. The van der Waals surface area contributed by atoms with Gasteiger partial charge in [-0.2, -0.15) is 0 Å². The van der Waals surface area contributed by atoms with E-state index in [-0.39, 0.29) is 0 Å². The molecule has 6 heteroatoms. The van der Waals surface area contributed by atoms with Crippen LogP contribution in [0.5, 0.6) is 0 Å². The zero-order valence-electron chi connectivity index (χ0n) is 16.5. The fourth-order valence-corrected chi connectivity index (χ4v) is 4.96. The molecular weight excluding hydrogens is 360 g/mol. The van der Waals surface area contributed by atoms with Crippen LogP contribution in [-0.4, -0.2) is 61.8 Å². The third kappa shape index (κ3) is 2.94. The van der Waals surface area contributed by atoms with E-state index in [1.54, 1.807) is 0 Å². The number of pyridine rings is 2. The maximum absolute atomic E-state index is 4.97. The van der Waals surface area contributed by atoms with Crippen molar-refractivity contribution in [2.24, 2.45) is 5.92 Å². The SMILES string of the molecule is c1ccc2c(N3CC4CNCC43)cc(-c3ccc(N4CCNCC4)nc3)nc2c1. The van der Waals surface area contributed by atoms with E-state index in [2.05, 4.69) is 62.9 Å². The molecule has 3 aromatic rings. The average molecular weight is 387 g/mol. The number of fused-ring (bicyclic) bond motifs is 2. The minimum Gasteiger partial charge on any atom is -0.366 e. The van der Waals surface area contributed by atoms with Crippen molar-refractivity contribution in [2.45, 2.75) is 6.04 Å². The standard InChI is InChI=1S/C23H26N6/c1-2-4-19-18(3-1)21(29-15-17-12-25-14-22(17)29)11-20(27-19)16-5-6-23(26-13-16)28-9-7-24-8-10-28/h1-6,11,13,17,22,24-25H,7-10,12,14-15H2. The summed E-state index contributed by atoms with van der Waals surface area (Å²) in [4.78, 5) is 14.6. The normalized spacial score (nSPS) is 23.9. The molecule has 2 unspecified atom stereocenters. The Kier molecular flexibility index (Phi) is 4.13. The summed E-state index contributed by atoms with van der Waals surface area (Å²) in [6.45, 7) is 7.42.